The molecule has 4 N–H and O–H groups in total. The Labute approximate surface area is 230 Å². The van der Waals surface area contributed by atoms with Crippen LogP contribution < -0.4 is 20.9 Å². The first-order chi connectivity index (χ1) is 19.7. The van der Waals surface area contributed by atoms with Crippen LogP contribution in [0.1, 0.15) is 0 Å². The zero-order valence-electron chi connectivity index (χ0n) is 21.2. The summed E-state index contributed by atoms with van der Waals surface area (Å²) in [5.41, 5.74) is 14.1. The average molecular weight is 529 g/mol. The molecule has 0 spiro atoms. The van der Waals surface area contributed by atoms with Crippen LogP contribution in [-0.4, -0.2) is 30.4 Å². The lowest BCUT2D eigenvalue weighted by molar-refractivity contribution is 0.454. The standard InChI is InChI=1S/2C15H12N4O/c2*16-15-17-13(11-7-3-1-4-8-11)14(18-19-15)20-12-9-5-2-6-10-12/h2*1-10H,(H2,16,17,19). The highest BCUT2D eigenvalue weighted by atomic mass is 16.5. The molecule has 0 saturated carbocycles. The highest BCUT2D eigenvalue weighted by molar-refractivity contribution is 5.66. The quantitative estimate of drug-likeness (QED) is 0.271. The molecule has 2 aromatic heterocycles. The molecule has 0 bridgehead atoms. The van der Waals surface area contributed by atoms with Crippen LogP contribution in [-0.2, 0) is 0 Å². The molecule has 0 fully saturated rings. The summed E-state index contributed by atoms with van der Waals surface area (Å²) in [7, 11) is 0. The van der Waals surface area contributed by atoms with Gasteiger partial charge in [-0.2, -0.15) is 0 Å². The Hall–Kier alpha value is -5.90. The first kappa shape index (κ1) is 25.7. The minimum Gasteiger partial charge on any atom is -0.436 e. The maximum absolute atomic E-state index is 5.73. The number of nitrogens with zero attached hydrogens (tertiary/aromatic N) is 6. The predicted molar refractivity (Wildman–Crippen MR) is 152 cm³/mol. The van der Waals surface area contributed by atoms with Crippen molar-refractivity contribution in [3.05, 3.63) is 121 Å². The summed E-state index contributed by atoms with van der Waals surface area (Å²) in [6.45, 7) is 0. The number of anilines is 2. The molecule has 2 heterocycles. The van der Waals surface area contributed by atoms with E-state index in [1.165, 1.54) is 0 Å². The zero-order valence-corrected chi connectivity index (χ0v) is 21.2. The summed E-state index contributed by atoms with van der Waals surface area (Å²) in [5, 5.41) is 15.5. The van der Waals surface area contributed by atoms with Gasteiger partial charge in [0.25, 0.3) is 11.8 Å². The van der Waals surface area contributed by atoms with E-state index in [4.69, 9.17) is 20.9 Å². The summed E-state index contributed by atoms with van der Waals surface area (Å²) in [6.07, 6.45) is 0. The van der Waals surface area contributed by atoms with Gasteiger partial charge in [-0.05, 0) is 24.3 Å². The number of hydrogen-bond donors (Lipinski definition) is 2. The number of nitrogen functional groups attached to an aromatic ring is 2. The van der Waals surface area contributed by atoms with E-state index in [1.54, 1.807) is 0 Å². The number of ether oxygens (including phenoxy) is 2. The molecule has 0 amide bonds. The van der Waals surface area contributed by atoms with Gasteiger partial charge in [0.1, 0.15) is 22.9 Å². The summed E-state index contributed by atoms with van der Waals surface area (Å²) in [4.78, 5) is 8.44. The fraction of sp³-hybridized carbons (Fsp3) is 0. The van der Waals surface area contributed by atoms with E-state index in [0.717, 1.165) is 11.1 Å². The Morgan fingerprint density at radius 1 is 0.400 bits per heavy atom. The maximum Gasteiger partial charge on any atom is 0.265 e. The molecule has 0 saturated heterocycles. The number of aromatic nitrogens is 6. The predicted octanol–water partition coefficient (Wildman–Crippen LogP) is 5.83. The average Bonchev–Trinajstić information content (AvgIpc) is 3.01. The first-order valence-electron chi connectivity index (χ1n) is 12.2. The molecule has 6 rings (SSSR count). The summed E-state index contributed by atoms with van der Waals surface area (Å²) >= 11 is 0. The van der Waals surface area contributed by atoms with Crippen LogP contribution in [0.5, 0.6) is 23.3 Å². The summed E-state index contributed by atoms with van der Waals surface area (Å²) < 4.78 is 11.5. The van der Waals surface area contributed by atoms with Crippen molar-refractivity contribution in [3.63, 3.8) is 0 Å². The van der Waals surface area contributed by atoms with E-state index < -0.39 is 0 Å². The Balaban J connectivity index is 0.000000161. The van der Waals surface area contributed by atoms with Crippen molar-refractivity contribution in [1.29, 1.82) is 0 Å². The number of nitrogens with two attached hydrogens (primary N) is 2. The number of hydrogen-bond acceptors (Lipinski definition) is 10. The Morgan fingerprint density at radius 3 is 1.07 bits per heavy atom. The second-order valence-electron chi connectivity index (χ2n) is 8.21. The third-order valence-electron chi connectivity index (χ3n) is 5.35. The molecule has 0 radical (unpaired) electrons. The van der Waals surface area contributed by atoms with E-state index in [0.29, 0.717) is 34.6 Å². The second kappa shape index (κ2) is 12.6. The lowest BCUT2D eigenvalue weighted by Crippen LogP contribution is -2.02. The molecule has 40 heavy (non-hydrogen) atoms. The van der Waals surface area contributed by atoms with Crippen molar-refractivity contribution in [2.45, 2.75) is 0 Å². The second-order valence-corrected chi connectivity index (χ2v) is 8.21. The largest absolute Gasteiger partial charge is 0.436 e. The minimum atomic E-state index is 0.115. The van der Waals surface area contributed by atoms with Gasteiger partial charge in [0.05, 0.1) is 0 Å². The molecule has 0 atom stereocenters. The molecule has 0 aliphatic rings. The molecule has 10 nitrogen and oxygen atoms in total. The van der Waals surface area contributed by atoms with Gasteiger partial charge < -0.3 is 20.9 Å². The smallest absolute Gasteiger partial charge is 0.265 e. The lowest BCUT2D eigenvalue weighted by Gasteiger charge is -2.08. The fourth-order valence-corrected chi connectivity index (χ4v) is 3.56. The normalized spacial score (nSPS) is 10.2. The number of rotatable bonds is 6. The van der Waals surface area contributed by atoms with Gasteiger partial charge in [-0.25, -0.2) is 9.97 Å². The van der Waals surface area contributed by atoms with Crippen molar-refractivity contribution >= 4 is 11.9 Å². The Bertz CT molecular complexity index is 1530. The Morgan fingerprint density at radius 2 is 0.725 bits per heavy atom. The van der Waals surface area contributed by atoms with Crippen LogP contribution in [0, 0.1) is 0 Å². The van der Waals surface area contributed by atoms with Gasteiger partial charge >= 0.3 is 0 Å². The van der Waals surface area contributed by atoms with E-state index in [1.807, 2.05) is 121 Å². The van der Waals surface area contributed by atoms with Crippen molar-refractivity contribution < 1.29 is 9.47 Å². The van der Waals surface area contributed by atoms with Crippen molar-refractivity contribution in [2.75, 3.05) is 11.5 Å². The van der Waals surface area contributed by atoms with Crippen molar-refractivity contribution in [1.82, 2.24) is 30.4 Å². The molecular formula is C30H24N8O2. The van der Waals surface area contributed by atoms with Gasteiger partial charge in [-0.1, -0.05) is 97.1 Å². The monoisotopic (exact) mass is 528 g/mol. The van der Waals surface area contributed by atoms with Crippen molar-refractivity contribution in [2.24, 2.45) is 0 Å². The van der Waals surface area contributed by atoms with Gasteiger partial charge in [-0.3, -0.25) is 0 Å². The third-order valence-corrected chi connectivity index (χ3v) is 5.35. The molecule has 0 aliphatic heterocycles. The van der Waals surface area contributed by atoms with E-state index in [-0.39, 0.29) is 11.9 Å². The van der Waals surface area contributed by atoms with Crippen LogP contribution >= 0.6 is 0 Å². The van der Waals surface area contributed by atoms with E-state index >= 15 is 0 Å². The third kappa shape index (κ3) is 6.69. The van der Waals surface area contributed by atoms with Gasteiger partial charge in [0.2, 0.25) is 11.9 Å². The Kier molecular flexibility index (Phi) is 8.08. The lowest BCUT2D eigenvalue weighted by atomic mass is 10.1. The first-order valence-corrected chi connectivity index (χ1v) is 12.2. The van der Waals surface area contributed by atoms with Gasteiger partial charge in [0.15, 0.2) is 0 Å². The summed E-state index contributed by atoms with van der Waals surface area (Å²) in [6, 6.07) is 37.9. The van der Waals surface area contributed by atoms with Crippen molar-refractivity contribution in [3.8, 4) is 45.8 Å². The van der Waals surface area contributed by atoms with Gasteiger partial charge in [-0.15, -0.1) is 20.4 Å². The fourth-order valence-electron chi connectivity index (χ4n) is 3.56. The van der Waals surface area contributed by atoms with Crippen LogP contribution in [0.3, 0.4) is 0 Å². The minimum absolute atomic E-state index is 0.115. The molecule has 196 valence electrons. The molecule has 4 aromatic carbocycles. The van der Waals surface area contributed by atoms with Crippen LogP contribution in [0.25, 0.3) is 22.5 Å². The highest BCUT2D eigenvalue weighted by Gasteiger charge is 2.13. The molecule has 0 aliphatic carbocycles. The van der Waals surface area contributed by atoms with Crippen LogP contribution in [0.2, 0.25) is 0 Å². The van der Waals surface area contributed by atoms with E-state index in [2.05, 4.69) is 30.4 Å². The van der Waals surface area contributed by atoms with Crippen LogP contribution in [0.4, 0.5) is 11.9 Å². The maximum atomic E-state index is 5.73. The summed E-state index contributed by atoms with van der Waals surface area (Å²) in [5.74, 6) is 2.23. The number of benzene rings is 4. The topological polar surface area (TPSA) is 148 Å². The highest BCUT2D eigenvalue weighted by Crippen LogP contribution is 2.30. The van der Waals surface area contributed by atoms with Gasteiger partial charge in [0, 0.05) is 11.1 Å². The zero-order chi connectivity index (χ0) is 27.6. The number of para-hydroxylation sites is 2. The molecule has 10 heteroatoms. The van der Waals surface area contributed by atoms with E-state index in [9.17, 15) is 0 Å². The molecule has 0 unspecified atom stereocenters. The van der Waals surface area contributed by atoms with Crippen LogP contribution in [0.15, 0.2) is 121 Å². The molecule has 6 aromatic rings. The SMILES string of the molecule is Nc1nnc(Oc2ccccc2)c(-c2ccccc2)n1.Nc1nnc(Oc2ccccc2)c(-c2ccccc2)n1. The molecular weight excluding hydrogens is 504 g/mol.